The fourth-order valence-corrected chi connectivity index (χ4v) is 0.717. The predicted molar refractivity (Wildman–Crippen MR) is 37.0 cm³/mol. The van der Waals surface area contributed by atoms with Crippen LogP contribution in [0.5, 0.6) is 0 Å². The Morgan fingerprint density at radius 2 is 2.40 bits per heavy atom. The van der Waals surface area contributed by atoms with Crippen molar-refractivity contribution >= 4 is 11.6 Å². The van der Waals surface area contributed by atoms with E-state index >= 15 is 0 Å². The Bertz CT molecular complexity index is 222. The number of dihydropyridines is 1. The van der Waals surface area contributed by atoms with Gasteiger partial charge in [-0.2, -0.15) is 0 Å². The number of nitro groups is 1. The molecule has 4 nitrogen and oxygen atoms in total. The van der Waals surface area contributed by atoms with E-state index in [2.05, 4.69) is 5.32 Å². The number of halogens is 1. The highest BCUT2D eigenvalue weighted by molar-refractivity contribution is 6.29. The standard InChI is InChI=1S/C5H5ClN2O2/c6-5-2-1-4(3-7-5)8(9)10/h1-2,7H,3H2. The zero-order chi connectivity index (χ0) is 7.56. The van der Waals surface area contributed by atoms with Crippen LogP contribution in [0.2, 0.25) is 0 Å². The van der Waals surface area contributed by atoms with Gasteiger partial charge in [0.1, 0.15) is 11.7 Å². The third-order valence-corrected chi connectivity index (χ3v) is 1.35. The number of hydrogen-bond acceptors (Lipinski definition) is 3. The van der Waals surface area contributed by atoms with E-state index in [1.165, 1.54) is 12.2 Å². The maximum Gasteiger partial charge on any atom is 0.265 e. The molecular weight excluding hydrogens is 156 g/mol. The van der Waals surface area contributed by atoms with Crippen LogP contribution in [0.3, 0.4) is 0 Å². The number of nitrogens with zero attached hydrogens (tertiary/aromatic N) is 1. The first-order valence-electron chi connectivity index (χ1n) is 2.65. The van der Waals surface area contributed by atoms with Crippen LogP contribution in [0.15, 0.2) is 23.0 Å². The molecule has 0 saturated heterocycles. The van der Waals surface area contributed by atoms with Crippen molar-refractivity contribution in [1.82, 2.24) is 5.32 Å². The monoisotopic (exact) mass is 160 g/mol. The van der Waals surface area contributed by atoms with Crippen LogP contribution in [0.1, 0.15) is 0 Å². The molecule has 0 aromatic heterocycles. The number of hydrogen-bond donors (Lipinski definition) is 1. The predicted octanol–water partition coefficient (Wildman–Crippen LogP) is 0.830. The van der Waals surface area contributed by atoms with Gasteiger partial charge in [0, 0.05) is 6.08 Å². The van der Waals surface area contributed by atoms with Crippen LogP contribution >= 0.6 is 11.6 Å². The SMILES string of the molecule is O=[N+]([O-])C1=CC=C(Cl)NC1. The second kappa shape index (κ2) is 2.70. The fraction of sp³-hybridized carbons (Fsp3) is 0.200. The molecule has 1 aliphatic rings. The van der Waals surface area contributed by atoms with Gasteiger partial charge in [-0.1, -0.05) is 11.6 Å². The minimum Gasteiger partial charge on any atom is -0.366 e. The first kappa shape index (κ1) is 7.08. The van der Waals surface area contributed by atoms with Crippen LogP contribution in [0, 0.1) is 10.1 Å². The van der Waals surface area contributed by atoms with Crippen molar-refractivity contribution in [3.8, 4) is 0 Å². The van der Waals surface area contributed by atoms with Gasteiger partial charge >= 0.3 is 0 Å². The van der Waals surface area contributed by atoms with Crippen LogP contribution in [-0.2, 0) is 0 Å². The Kier molecular flexibility index (Phi) is 1.91. The summed E-state index contributed by atoms with van der Waals surface area (Å²) in [5.41, 5.74) is 0.129. The molecule has 54 valence electrons. The molecule has 0 unspecified atom stereocenters. The van der Waals surface area contributed by atoms with Crippen LogP contribution in [0.25, 0.3) is 0 Å². The lowest BCUT2D eigenvalue weighted by molar-refractivity contribution is -0.426. The number of rotatable bonds is 1. The summed E-state index contributed by atoms with van der Waals surface area (Å²) < 4.78 is 0. The van der Waals surface area contributed by atoms with Crippen molar-refractivity contribution in [2.24, 2.45) is 0 Å². The molecule has 0 spiro atoms. The Hall–Kier alpha value is -1.03. The lowest BCUT2D eigenvalue weighted by atomic mass is 10.3. The minimum atomic E-state index is -0.438. The summed E-state index contributed by atoms with van der Waals surface area (Å²) in [6.07, 6.45) is 2.85. The van der Waals surface area contributed by atoms with Crippen LogP contribution < -0.4 is 5.32 Å². The van der Waals surface area contributed by atoms with Gasteiger partial charge in [0.05, 0.1) is 4.92 Å². The van der Waals surface area contributed by atoms with Crippen molar-refractivity contribution in [1.29, 1.82) is 0 Å². The summed E-state index contributed by atoms with van der Waals surface area (Å²) in [6.45, 7) is 0.197. The van der Waals surface area contributed by atoms with Crippen molar-refractivity contribution in [3.05, 3.63) is 33.1 Å². The Labute approximate surface area is 62.3 Å². The maximum absolute atomic E-state index is 10.1. The molecule has 0 bridgehead atoms. The topological polar surface area (TPSA) is 55.2 Å². The molecule has 1 rings (SSSR count). The van der Waals surface area contributed by atoms with E-state index in [4.69, 9.17) is 11.6 Å². The Balaban J connectivity index is 2.74. The highest BCUT2D eigenvalue weighted by Crippen LogP contribution is 2.06. The number of allylic oxidation sites excluding steroid dienone is 2. The average molecular weight is 161 g/mol. The normalized spacial score (nSPS) is 16.9. The summed E-state index contributed by atoms with van der Waals surface area (Å²) >= 11 is 5.47. The molecule has 1 heterocycles. The largest absolute Gasteiger partial charge is 0.366 e. The minimum absolute atomic E-state index is 0.129. The highest BCUT2D eigenvalue weighted by Gasteiger charge is 2.12. The van der Waals surface area contributed by atoms with E-state index in [0.717, 1.165) is 0 Å². The molecule has 0 radical (unpaired) electrons. The van der Waals surface area contributed by atoms with Gasteiger partial charge in [0.25, 0.3) is 5.70 Å². The van der Waals surface area contributed by atoms with Gasteiger partial charge in [-0.15, -0.1) is 0 Å². The van der Waals surface area contributed by atoms with Gasteiger partial charge in [-0.3, -0.25) is 10.1 Å². The quantitative estimate of drug-likeness (QED) is 0.351. The number of nitrogens with one attached hydrogen (secondary N) is 1. The molecule has 0 amide bonds. The van der Waals surface area contributed by atoms with E-state index in [1.54, 1.807) is 0 Å². The molecule has 5 heteroatoms. The summed E-state index contributed by atoms with van der Waals surface area (Å²) in [5.74, 6) is 0. The lowest BCUT2D eigenvalue weighted by Gasteiger charge is -2.05. The molecule has 0 atom stereocenters. The van der Waals surface area contributed by atoms with Gasteiger partial charge < -0.3 is 5.32 Å². The second-order valence-electron chi connectivity index (χ2n) is 1.78. The van der Waals surface area contributed by atoms with Crippen molar-refractivity contribution < 1.29 is 4.92 Å². The Morgan fingerprint density at radius 3 is 2.80 bits per heavy atom. The second-order valence-corrected chi connectivity index (χ2v) is 2.19. The molecule has 1 N–H and O–H groups in total. The summed E-state index contributed by atoms with van der Waals surface area (Å²) in [7, 11) is 0. The molecule has 0 aromatic carbocycles. The average Bonchev–Trinajstić information content (AvgIpc) is 1.88. The van der Waals surface area contributed by atoms with E-state index < -0.39 is 4.92 Å². The van der Waals surface area contributed by atoms with E-state index in [-0.39, 0.29) is 12.2 Å². The summed E-state index contributed by atoms with van der Waals surface area (Å²) in [6, 6.07) is 0. The molecule has 0 fully saturated rings. The molecular formula is C5H5ClN2O2. The molecule has 0 saturated carbocycles. The summed E-state index contributed by atoms with van der Waals surface area (Å²) in [5, 5.41) is 13.2. The van der Waals surface area contributed by atoms with Crippen LogP contribution in [-0.4, -0.2) is 11.5 Å². The zero-order valence-electron chi connectivity index (χ0n) is 5.00. The van der Waals surface area contributed by atoms with Crippen molar-refractivity contribution in [2.75, 3.05) is 6.54 Å². The maximum atomic E-state index is 10.1. The fourth-order valence-electron chi connectivity index (χ4n) is 0.588. The Morgan fingerprint density at radius 1 is 1.70 bits per heavy atom. The first-order valence-corrected chi connectivity index (χ1v) is 3.02. The van der Waals surface area contributed by atoms with Crippen molar-refractivity contribution in [3.63, 3.8) is 0 Å². The van der Waals surface area contributed by atoms with Gasteiger partial charge in [0.15, 0.2) is 0 Å². The third kappa shape index (κ3) is 1.48. The first-order chi connectivity index (χ1) is 4.70. The van der Waals surface area contributed by atoms with Crippen molar-refractivity contribution in [2.45, 2.75) is 0 Å². The van der Waals surface area contributed by atoms with Crippen LogP contribution in [0.4, 0.5) is 0 Å². The summed E-state index contributed by atoms with van der Waals surface area (Å²) in [4.78, 5) is 9.65. The van der Waals surface area contributed by atoms with Gasteiger partial charge in [-0.25, -0.2) is 0 Å². The molecule has 1 aliphatic heterocycles. The van der Waals surface area contributed by atoms with Gasteiger partial charge in [0.2, 0.25) is 0 Å². The molecule has 0 aliphatic carbocycles. The zero-order valence-corrected chi connectivity index (χ0v) is 5.76. The third-order valence-electron chi connectivity index (χ3n) is 1.09. The lowest BCUT2D eigenvalue weighted by Crippen LogP contribution is -2.20. The van der Waals surface area contributed by atoms with E-state index in [9.17, 15) is 10.1 Å². The highest BCUT2D eigenvalue weighted by atomic mass is 35.5. The molecule has 0 aromatic rings. The van der Waals surface area contributed by atoms with E-state index in [0.29, 0.717) is 5.16 Å². The van der Waals surface area contributed by atoms with Gasteiger partial charge in [-0.05, 0) is 6.08 Å². The smallest absolute Gasteiger partial charge is 0.265 e. The molecule has 10 heavy (non-hydrogen) atoms. The van der Waals surface area contributed by atoms with E-state index in [1.807, 2.05) is 0 Å².